The first-order valence-corrected chi connectivity index (χ1v) is 9.82. The maximum Gasteiger partial charge on any atom is 0.263 e. The number of benzene rings is 2. The molecule has 0 unspecified atom stereocenters. The molecule has 8 heteroatoms. The summed E-state index contributed by atoms with van der Waals surface area (Å²) < 4.78 is 27.9. The van der Waals surface area contributed by atoms with Gasteiger partial charge in [-0.15, -0.1) is 0 Å². The summed E-state index contributed by atoms with van der Waals surface area (Å²) in [6.45, 7) is 1.90. The molecule has 0 aliphatic carbocycles. The second-order valence-electron chi connectivity index (χ2n) is 5.81. The second kappa shape index (κ2) is 7.77. The lowest BCUT2D eigenvalue weighted by molar-refractivity contribution is 0.102. The molecule has 0 atom stereocenters. The first-order chi connectivity index (χ1) is 12.8. The number of aryl methyl sites for hydroxylation is 1. The molecule has 1 amide bonds. The minimum absolute atomic E-state index is 0.0209. The molecule has 0 saturated heterocycles. The van der Waals surface area contributed by atoms with Gasteiger partial charge in [0.15, 0.2) is 0 Å². The fraction of sp³-hybridized carbons (Fsp3) is 0.0526. The third kappa shape index (κ3) is 4.64. The number of nitrogens with one attached hydrogen (secondary N) is 2. The molecule has 138 valence electrons. The molecule has 0 saturated carbocycles. The summed E-state index contributed by atoms with van der Waals surface area (Å²) in [6.07, 6.45) is 3.07. The molecule has 0 aliphatic heterocycles. The Morgan fingerprint density at radius 1 is 1.04 bits per heavy atom. The quantitative estimate of drug-likeness (QED) is 0.673. The van der Waals surface area contributed by atoms with Gasteiger partial charge in [0.25, 0.3) is 15.9 Å². The summed E-state index contributed by atoms with van der Waals surface area (Å²) in [6, 6.07) is 14.3. The van der Waals surface area contributed by atoms with Gasteiger partial charge in [-0.05, 0) is 49.4 Å². The van der Waals surface area contributed by atoms with Crippen molar-refractivity contribution in [3.05, 3.63) is 83.1 Å². The van der Waals surface area contributed by atoms with Crippen molar-refractivity contribution < 1.29 is 13.2 Å². The van der Waals surface area contributed by atoms with Crippen molar-refractivity contribution in [1.82, 2.24) is 4.98 Å². The van der Waals surface area contributed by atoms with Crippen molar-refractivity contribution in [3.63, 3.8) is 0 Å². The van der Waals surface area contributed by atoms with E-state index in [-0.39, 0.29) is 15.5 Å². The number of halogens is 1. The Kier molecular flexibility index (Phi) is 5.43. The van der Waals surface area contributed by atoms with Gasteiger partial charge in [-0.1, -0.05) is 29.3 Å². The highest BCUT2D eigenvalue weighted by atomic mass is 35.5. The Hall–Kier alpha value is -2.90. The van der Waals surface area contributed by atoms with E-state index in [9.17, 15) is 13.2 Å². The van der Waals surface area contributed by atoms with Crippen LogP contribution in [0.2, 0.25) is 5.02 Å². The summed E-state index contributed by atoms with van der Waals surface area (Å²) in [5.41, 5.74) is 2.07. The van der Waals surface area contributed by atoms with Crippen molar-refractivity contribution in [3.8, 4) is 0 Å². The first-order valence-electron chi connectivity index (χ1n) is 7.95. The van der Waals surface area contributed by atoms with Gasteiger partial charge in [0.05, 0.1) is 16.9 Å². The number of nitrogens with zero attached hydrogens (tertiary/aromatic N) is 1. The number of rotatable bonds is 5. The summed E-state index contributed by atoms with van der Waals surface area (Å²) in [5, 5.41) is 2.67. The Bertz CT molecular complexity index is 1070. The van der Waals surface area contributed by atoms with Gasteiger partial charge in [-0.25, -0.2) is 8.42 Å². The van der Waals surface area contributed by atoms with Gasteiger partial charge in [0.1, 0.15) is 4.90 Å². The van der Waals surface area contributed by atoms with E-state index in [4.69, 9.17) is 11.6 Å². The number of hydrogen-bond donors (Lipinski definition) is 2. The standard InChI is InChI=1S/C19H16ClN3O3S/c1-13-4-7-15(8-5-13)23-27(25,26)18-11-14(6-9-17(18)20)19(24)22-16-3-2-10-21-12-16/h2-12,23H,1H3,(H,22,24). The number of aromatic nitrogens is 1. The number of sulfonamides is 1. The maximum absolute atomic E-state index is 12.7. The van der Waals surface area contributed by atoms with Crippen LogP contribution in [0.15, 0.2) is 71.9 Å². The van der Waals surface area contributed by atoms with E-state index in [0.717, 1.165) is 5.56 Å². The number of carbonyl (C=O) groups excluding carboxylic acids is 1. The Morgan fingerprint density at radius 3 is 2.44 bits per heavy atom. The molecule has 0 radical (unpaired) electrons. The highest BCUT2D eigenvalue weighted by Crippen LogP contribution is 2.25. The average molecular weight is 402 g/mol. The molecule has 0 aliphatic rings. The number of carbonyl (C=O) groups is 1. The maximum atomic E-state index is 12.7. The zero-order chi connectivity index (χ0) is 19.4. The van der Waals surface area contributed by atoms with Gasteiger partial charge in [0.2, 0.25) is 0 Å². The molecule has 1 heterocycles. The smallest absolute Gasteiger partial charge is 0.263 e. The fourth-order valence-corrected chi connectivity index (χ4v) is 3.91. The SMILES string of the molecule is Cc1ccc(NS(=O)(=O)c2cc(C(=O)Nc3cccnc3)ccc2Cl)cc1. The van der Waals surface area contributed by atoms with E-state index < -0.39 is 15.9 Å². The molecule has 2 N–H and O–H groups in total. The van der Waals surface area contributed by atoms with Gasteiger partial charge in [-0.2, -0.15) is 0 Å². The third-order valence-corrected chi connectivity index (χ3v) is 5.57. The van der Waals surface area contributed by atoms with E-state index in [1.54, 1.807) is 42.6 Å². The normalized spacial score (nSPS) is 11.0. The molecule has 27 heavy (non-hydrogen) atoms. The summed E-state index contributed by atoms with van der Waals surface area (Å²) in [7, 11) is -3.96. The third-order valence-electron chi connectivity index (χ3n) is 3.71. The Morgan fingerprint density at radius 2 is 1.78 bits per heavy atom. The lowest BCUT2D eigenvalue weighted by Crippen LogP contribution is -2.16. The van der Waals surface area contributed by atoms with E-state index in [2.05, 4.69) is 15.0 Å². The van der Waals surface area contributed by atoms with Crippen LogP contribution in [0.3, 0.4) is 0 Å². The average Bonchev–Trinajstić information content (AvgIpc) is 2.64. The number of pyridine rings is 1. The fourth-order valence-electron chi connectivity index (χ4n) is 2.32. The van der Waals surface area contributed by atoms with Crippen LogP contribution >= 0.6 is 11.6 Å². The van der Waals surface area contributed by atoms with Crippen molar-refractivity contribution in [2.75, 3.05) is 10.0 Å². The van der Waals surface area contributed by atoms with Gasteiger partial charge in [0, 0.05) is 17.4 Å². The van der Waals surface area contributed by atoms with E-state index in [1.165, 1.54) is 24.4 Å². The minimum atomic E-state index is -3.96. The van der Waals surface area contributed by atoms with Crippen LogP contribution in [0, 0.1) is 6.92 Å². The lowest BCUT2D eigenvalue weighted by Gasteiger charge is -2.11. The predicted octanol–water partition coefficient (Wildman–Crippen LogP) is 4.10. The van der Waals surface area contributed by atoms with Crippen LogP contribution in [-0.2, 0) is 10.0 Å². The molecule has 1 aromatic heterocycles. The first kappa shape index (κ1) is 18.9. The highest BCUT2D eigenvalue weighted by molar-refractivity contribution is 7.92. The van der Waals surface area contributed by atoms with Crippen LogP contribution in [-0.4, -0.2) is 19.3 Å². The molecule has 0 spiro atoms. The summed E-state index contributed by atoms with van der Waals surface area (Å²) >= 11 is 6.08. The molecule has 6 nitrogen and oxygen atoms in total. The molecule has 3 aromatic rings. The number of amides is 1. The highest BCUT2D eigenvalue weighted by Gasteiger charge is 2.20. The largest absolute Gasteiger partial charge is 0.321 e. The van der Waals surface area contributed by atoms with E-state index >= 15 is 0 Å². The minimum Gasteiger partial charge on any atom is -0.321 e. The zero-order valence-electron chi connectivity index (χ0n) is 14.3. The summed E-state index contributed by atoms with van der Waals surface area (Å²) in [5.74, 6) is -0.466. The summed E-state index contributed by atoms with van der Waals surface area (Å²) in [4.78, 5) is 16.1. The van der Waals surface area contributed by atoms with Crippen molar-refractivity contribution >= 4 is 38.9 Å². The van der Waals surface area contributed by atoms with Crippen LogP contribution in [0.1, 0.15) is 15.9 Å². The molecular formula is C19H16ClN3O3S. The van der Waals surface area contributed by atoms with Gasteiger partial charge >= 0.3 is 0 Å². The Labute approximate surface area is 162 Å². The number of anilines is 2. The predicted molar refractivity (Wildman–Crippen MR) is 106 cm³/mol. The van der Waals surface area contributed by atoms with Crippen molar-refractivity contribution in [2.24, 2.45) is 0 Å². The molecule has 2 aromatic carbocycles. The van der Waals surface area contributed by atoms with E-state index in [1.807, 2.05) is 6.92 Å². The van der Waals surface area contributed by atoms with Crippen molar-refractivity contribution in [2.45, 2.75) is 11.8 Å². The van der Waals surface area contributed by atoms with Crippen LogP contribution in [0.5, 0.6) is 0 Å². The van der Waals surface area contributed by atoms with Crippen molar-refractivity contribution in [1.29, 1.82) is 0 Å². The zero-order valence-corrected chi connectivity index (χ0v) is 15.9. The van der Waals surface area contributed by atoms with Crippen LogP contribution in [0.4, 0.5) is 11.4 Å². The molecule has 3 rings (SSSR count). The topological polar surface area (TPSA) is 88.2 Å². The van der Waals surface area contributed by atoms with Gasteiger partial charge in [-0.3, -0.25) is 14.5 Å². The van der Waals surface area contributed by atoms with Crippen LogP contribution in [0.25, 0.3) is 0 Å². The monoisotopic (exact) mass is 401 g/mol. The molecule has 0 bridgehead atoms. The molecular weight excluding hydrogens is 386 g/mol. The van der Waals surface area contributed by atoms with Crippen LogP contribution < -0.4 is 10.0 Å². The number of hydrogen-bond acceptors (Lipinski definition) is 4. The van der Waals surface area contributed by atoms with Gasteiger partial charge < -0.3 is 5.32 Å². The lowest BCUT2D eigenvalue weighted by atomic mass is 10.2. The molecule has 0 fully saturated rings. The second-order valence-corrected chi connectivity index (χ2v) is 7.87. The van der Waals surface area contributed by atoms with E-state index in [0.29, 0.717) is 11.4 Å². The Balaban J connectivity index is 1.88.